The maximum absolute atomic E-state index is 11.8. The molecule has 12 heteroatoms. The number of hydrogen-bond donors (Lipinski definition) is 2. The van der Waals surface area contributed by atoms with Crippen molar-refractivity contribution < 1.29 is 35.2 Å². The molecule has 0 amide bonds. The van der Waals surface area contributed by atoms with Crippen molar-refractivity contribution >= 4 is 64.3 Å². The molecule has 4 aromatic rings. The number of allylic oxidation sites excluding steroid dienone is 2. The minimum atomic E-state index is -4.27. The van der Waals surface area contributed by atoms with Crippen molar-refractivity contribution in [3.05, 3.63) is 82.2 Å². The molecule has 0 aliphatic carbocycles. The Bertz CT molecular complexity index is 2250. The molecule has 1 aliphatic heterocycles. The van der Waals surface area contributed by atoms with Gasteiger partial charge in [-0.15, -0.1) is 11.8 Å². The second-order valence-corrected chi connectivity index (χ2v) is 14.8. The Hall–Kier alpha value is -4.17. The van der Waals surface area contributed by atoms with Crippen LogP contribution in [0.5, 0.6) is 5.75 Å². The average molecular weight is 678 g/mol. The lowest BCUT2D eigenvalue weighted by Gasteiger charge is -2.18. The molecule has 1 aliphatic rings. The third kappa shape index (κ3) is 7.61. The largest absolute Gasteiger partial charge is 0.439 e. The molecular weight excluding hydrogens is 645 g/mol. The van der Waals surface area contributed by atoms with Gasteiger partial charge in [0.1, 0.15) is 4.70 Å². The predicted molar refractivity (Wildman–Crippen MR) is 183 cm³/mol. The van der Waals surface area contributed by atoms with Crippen LogP contribution in [0.4, 0.5) is 5.69 Å². The van der Waals surface area contributed by atoms with Gasteiger partial charge >= 0.3 is 0 Å². The van der Waals surface area contributed by atoms with Gasteiger partial charge in [0.15, 0.2) is 12.3 Å². The highest BCUT2D eigenvalue weighted by molar-refractivity contribution is 7.86. The first-order valence-corrected chi connectivity index (χ1v) is 18.6. The van der Waals surface area contributed by atoms with Gasteiger partial charge < -0.3 is 9.64 Å². The fourth-order valence-corrected chi connectivity index (χ4v) is 7.43. The van der Waals surface area contributed by atoms with E-state index in [9.17, 15) is 25.9 Å². The molecule has 1 aromatic heterocycles. The molecule has 9 nitrogen and oxygen atoms in total. The van der Waals surface area contributed by atoms with Crippen LogP contribution in [-0.4, -0.2) is 44.0 Å². The normalized spacial score (nSPS) is 14.2. The molecule has 2 N–H and O–H groups in total. The first-order chi connectivity index (χ1) is 21.9. The minimum absolute atomic E-state index is 0.0586. The quantitative estimate of drug-likeness (QED) is 0.123. The van der Waals surface area contributed by atoms with E-state index in [1.165, 1.54) is 0 Å². The summed E-state index contributed by atoms with van der Waals surface area (Å²) < 4.78 is 74.9. The van der Waals surface area contributed by atoms with Crippen LogP contribution in [-0.2, 0) is 26.8 Å². The van der Waals surface area contributed by atoms with Crippen LogP contribution in [0, 0.1) is 23.7 Å². The topological polar surface area (TPSA) is 125 Å². The molecule has 238 valence electrons. The molecule has 3 aromatic carbocycles. The Morgan fingerprint density at radius 1 is 0.978 bits per heavy atom. The number of rotatable bonds is 10. The average Bonchev–Trinajstić information content (AvgIpc) is 3.51. The SMILES string of the molecule is CC#Cc1cc2c(cc1C#CC)N(CCS(=O)(=O)O)C(=CC(=Cc1sc3ccc4ccccc4c3[n+]1CCCS(=O)(=O)O)CC)O2. The van der Waals surface area contributed by atoms with Crippen molar-refractivity contribution in [2.45, 2.75) is 40.2 Å². The highest BCUT2D eigenvalue weighted by atomic mass is 32.2. The van der Waals surface area contributed by atoms with Crippen molar-refractivity contribution in [2.75, 3.05) is 23.0 Å². The molecule has 0 bridgehead atoms. The first kappa shape index (κ1) is 33.2. The lowest BCUT2D eigenvalue weighted by Crippen LogP contribution is -2.36. The Morgan fingerprint density at radius 2 is 1.67 bits per heavy atom. The molecule has 0 fully saturated rings. The van der Waals surface area contributed by atoms with Gasteiger partial charge in [-0.25, -0.2) is 0 Å². The van der Waals surface area contributed by atoms with E-state index in [0.717, 1.165) is 31.6 Å². The summed E-state index contributed by atoms with van der Waals surface area (Å²) in [5, 5.41) is 2.95. The number of anilines is 1. The van der Waals surface area contributed by atoms with E-state index in [1.54, 1.807) is 36.2 Å². The second-order valence-electron chi connectivity index (χ2n) is 10.6. The molecule has 5 rings (SSSR count). The van der Waals surface area contributed by atoms with Gasteiger partial charge in [-0.1, -0.05) is 54.4 Å². The van der Waals surface area contributed by atoms with Crippen molar-refractivity contribution in [1.82, 2.24) is 0 Å². The maximum atomic E-state index is 11.8. The van der Waals surface area contributed by atoms with Crippen LogP contribution >= 0.6 is 11.3 Å². The molecule has 0 saturated heterocycles. The number of aromatic nitrogens is 1. The molecule has 0 unspecified atom stereocenters. The summed E-state index contributed by atoms with van der Waals surface area (Å²) in [4.78, 5) is 1.70. The standard InChI is InChI=1S/C34H32N2O7S3/c1-4-10-26-22-29-30(23-27(26)11-5-2)43-32(35(29)17-19-46(40,41)42)20-24(6-3)21-33-36(16-9-18-45(37,38)39)34-28-13-8-7-12-25(28)14-15-31(34)44-33/h7-8,12-15,20-23H,6,9,16-19H2,1-3H3,(H-,37,38,39,40,41,42)/p+1. The number of aryl methyl sites for hydroxylation is 1. The summed E-state index contributed by atoms with van der Waals surface area (Å²) in [6, 6.07) is 15.7. The second kappa shape index (κ2) is 13.7. The van der Waals surface area contributed by atoms with Gasteiger partial charge in [0, 0.05) is 36.2 Å². The molecule has 2 heterocycles. The minimum Gasteiger partial charge on any atom is -0.439 e. The highest BCUT2D eigenvalue weighted by Crippen LogP contribution is 2.41. The van der Waals surface area contributed by atoms with Gasteiger partial charge in [0.05, 0.1) is 22.6 Å². The Kier molecular flexibility index (Phi) is 9.87. The summed E-state index contributed by atoms with van der Waals surface area (Å²) >= 11 is 1.56. The number of benzene rings is 3. The lowest BCUT2D eigenvalue weighted by atomic mass is 10.1. The van der Waals surface area contributed by atoms with Crippen LogP contribution in [0.25, 0.3) is 27.1 Å². The van der Waals surface area contributed by atoms with Gasteiger partial charge in [-0.2, -0.15) is 21.4 Å². The molecule has 0 spiro atoms. The zero-order valence-electron chi connectivity index (χ0n) is 25.6. The smallest absolute Gasteiger partial charge is 0.266 e. The molecule has 0 atom stereocenters. The van der Waals surface area contributed by atoms with Crippen LogP contribution < -0.4 is 14.2 Å². The molecule has 46 heavy (non-hydrogen) atoms. The Balaban J connectivity index is 1.63. The van der Waals surface area contributed by atoms with E-state index in [1.807, 2.05) is 55.5 Å². The van der Waals surface area contributed by atoms with E-state index in [0.29, 0.717) is 41.4 Å². The third-order valence-corrected chi connectivity index (χ3v) is 9.99. The monoisotopic (exact) mass is 677 g/mol. The van der Waals surface area contributed by atoms with Crippen LogP contribution in [0.2, 0.25) is 0 Å². The summed E-state index contributed by atoms with van der Waals surface area (Å²) in [6.45, 7) is 5.74. The van der Waals surface area contributed by atoms with Crippen LogP contribution in [0.15, 0.2) is 66.1 Å². The van der Waals surface area contributed by atoms with Gasteiger partial charge in [-0.05, 0) is 55.5 Å². The summed E-state index contributed by atoms with van der Waals surface area (Å²) in [5.74, 6) is 11.9. The van der Waals surface area contributed by atoms with Crippen molar-refractivity contribution in [3.8, 4) is 29.4 Å². The fourth-order valence-electron chi connectivity index (χ4n) is 5.34. The summed E-state index contributed by atoms with van der Waals surface area (Å²) in [5.41, 5.74) is 3.80. The van der Waals surface area contributed by atoms with Gasteiger partial charge in [0.2, 0.25) is 11.4 Å². The first-order valence-electron chi connectivity index (χ1n) is 14.6. The number of fused-ring (bicyclic) bond motifs is 4. The fraction of sp³-hybridized carbons (Fsp3) is 0.265. The Morgan fingerprint density at radius 3 is 2.35 bits per heavy atom. The van der Waals surface area contributed by atoms with E-state index >= 15 is 0 Å². The third-order valence-electron chi connectivity index (χ3n) is 7.39. The van der Waals surface area contributed by atoms with Gasteiger partial charge in [-0.3, -0.25) is 9.11 Å². The van der Waals surface area contributed by atoms with E-state index in [4.69, 9.17) is 4.74 Å². The maximum Gasteiger partial charge on any atom is 0.266 e. The van der Waals surface area contributed by atoms with Crippen molar-refractivity contribution in [1.29, 1.82) is 0 Å². The van der Waals surface area contributed by atoms with Gasteiger partial charge in [0.25, 0.3) is 25.2 Å². The molecule has 0 saturated carbocycles. The highest BCUT2D eigenvalue weighted by Gasteiger charge is 2.29. The Labute approximate surface area is 273 Å². The van der Waals surface area contributed by atoms with Crippen LogP contribution in [0.3, 0.4) is 0 Å². The zero-order valence-corrected chi connectivity index (χ0v) is 28.0. The predicted octanol–water partition coefficient (Wildman–Crippen LogP) is 5.78. The van der Waals surface area contributed by atoms with E-state index in [2.05, 4.69) is 34.3 Å². The lowest BCUT2D eigenvalue weighted by molar-refractivity contribution is -0.667. The summed E-state index contributed by atoms with van der Waals surface area (Å²) in [7, 11) is -8.39. The number of ether oxygens (including phenoxy) is 1. The zero-order chi connectivity index (χ0) is 33.1. The molecule has 0 radical (unpaired) electrons. The van der Waals surface area contributed by atoms with Crippen molar-refractivity contribution in [3.63, 3.8) is 0 Å². The van der Waals surface area contributed by atoms with Crippen molar-refractivity contribution in [2.24, 2.45) is 0 Å². The van der Waals surface area contributed by atoms with E-state index < -0.39 is 26.0 Å². The number of thiazole rings is 1. The summed E-state index contributed by atoms with van der Waals surface area (Å²) in [6.07, 6.45) is 4.66. The van der Waals surface area contributed by atoms with Crippen LogP contribution in [0.1, 0.15) is 49.7 Å². The number of nitrogens with zero attached hydrogens (tertiary/aromatic N) is 2. The molecular formula is C34H33N2O7S3+. The van der Waals surface area contributed by atoms with E-state index in [-0.39, 0.29) is 18.7 Å². The number of hydrogen-bond acceptors (Lipinski definition) is 7.